The van der Waals surface area contributed by atoms with Crippen LogP contribution in [0.15, 0.2) is 6.07 Å². The van der Waals surface area contributed by atoms with Gasteiger partial charge in [0.2, 0.25) is 0 Å². The molecular weight excluding hydrogens is 224 g/mol. The summed E-state index contributed by atoms with van der Waals surface area (Å²) >= 11 is 6.21. The molecule has 0 radical (unpaired) electrons. The zero-order valence-corrected chi connectivity index (χ0v) is 10.4. The van der Waals surface area contributed by atoms with E-state index >= 15 is 0 Å². The molecular formula is C13H15ClO2. The molecule has 0 aliphatic heterocycles. The number of halogens is 1. The minimum atomic E-state index is -0.252. The van der Waals surface area contributed by atoms with E-state index in [-0.39, 0.29) is 5.97 Å². The van der Waals surface area contributed by atoms with E-state index in [0.717, 1.165) is 36.8 Å². The molecule has 1 aromatic carbocycles. The molecule has 0 saturated heterocycles. The fraction of sp³-hybridized carbons (Fsp3) is 0.462. The topological polar surface area (TPSA) is 26.3 Å². The number of benzene rings is 1. The number of hydrogen-bond acceptors (Lipinski definition) is 2. The lowest BCUT2D eigenvalue weighted by atomic mass is 9.96. The van der Waals surface area contributed by atoms with Gasteiger partial charge in [-0.2, -0.15) is 0 Å². The van der Waals surface area contributed by atoms with Crippen LogP contribution in [-0.4, -0.2) is 13.1 Å². The lowest BCUT2D eigenvalue weighted by Crippen LogP contribution is -2.10. The highest BCUT2D eigenvalue weighted by atomic mass is 35.5. The molecule has 3 heteroatoms. The third-order valence-corrected chi connectivity index (χ3v) is 3.53. The molecule has 2 nitrogen and oxygen atoms in total. The summed E-state index contributed by atoms with van der Waals surface area (Å²) < 4.78 is 4.86. The molecule has 0 bridgehead atoms. The van der Waals surface area contributed by atoms with Crippen LogP contribution in [0.4, 0.5) is 0 Å². The van der Waals surface area contributed by atoms with Crippen LogP contribution in [0.1, 0.15) is 40.4 Å². The maximum absolute atomic E-state index is 11.8. The van der Waals surface area contributed by atoms with E-state index in [0.29, 0.717) is 10.6 Å². The second kappa shape index (κ2) is 4.46. The molecule has 16 heavy (non-hydrogen) atoms. The van der Waals surface area contributed by atoms with Crippen molar-refractivity contribution in [3.63, 3.8) is 0 Å². The average molecular weight is 239 g/mol. The van der Waals surface area contributed by atoms with Gasteiger partial charge in [0.05, 0.1) is 12.7 Å². The van der Waals surface area contributed by atoms with Gasteiger partial charge in [0.25, 0.3) is 0 Å². The van der Waals surface area contributed by atoms with Crippen LogP contribution in [0, 0.1) is 0 Å². The fourth-order valence-corrected chi connectivity index (χ4v) is 2.81. The molecule has 0 fully saturated rings. The second-order valence-electron chi connectivity index (χ2n) is 4.05. The minimum absolute atomic E-state index is 0.252. The Labute approximate surface area is 101 Å². The predicted octanol–water partition coefficient (Wildman–Crippen LogP) is 3.18. The number of carbonyl (C=O) groups excluding carboxylic acids is 1. The molecule has 0 N–H and O–H groups in total. The van der Waals surface area contributed by atoms with Gasteiger partial charge in [0, 0.05) is 5.02 Å². The molecule has 2 rings (SSSR count). The van der Waals surface area contributed by atoms with Crippen molar-refractivity contribution >= 4 is 17.6 Å². The molecule has 0 saturated carbocycles. The van der Waals surface area contributed by atoms with Gasteiger partial charge in [-0.05, 0) is 48.4 Å². The number of aryl methyl sites for hydroxylation is 1. The maximum atomic E-state index is 11.8. The van der Waals surface area contributed by atoms with Crippen molar-refractivity contribution in [3.05, 3.63) is 33.3 Å². The smallest absolute Gasteiger partial charge is 0.338 e. The van der Waals surface area contributed by atoms with Crippen molar-refractivity contribution in [2.24, 2.45) is 0 Å². The van der Waals surface area contributed by atoms with E-state index in [1.54, 1.807) is 0 Å². The molecule has 86 valence electrons. The molecule has 0 spiro atoms. The lowest BCUT2D eigenvalue weighted by Gasteiger charge is -2.13. The highest BCUT2D eigenvalue weighted by molar-refractivity contribution is 6.32. The van der Waals surface area contributed by atoms with E-state index in [1.165, 1.54) is 12.7 Å². The average Bonchev–Trinajstić information content (AvgIpc) is 2.73. The summed E-state index contributed by atoms with van der Waals surface area (Å²) in [4.78, 5) is 11.8. The first kappa shape index (κ1) is 11.5. The number of ether oxygens (including phenoxy) is 1. The standard InChI is InChI=1S/C13H15ClO2/c1-3-9-11(14)7-8-5-4-6-10(8)12(9)13(15)16-2/h7H,3-6H2,1-2H3. The van der Waals surface area contributed by atoms with E-state index in [4.69, 9.17) is 16.3 Å². The van der Waals surface area contributed by atoms with Crippen molar-refractivity contribution in [1.82, 2.24) is 0 Å². The first-order valence-electron chi connectivity index (χ1n) is 5.60. The summed E-state index contributed by atoms with van der Waals surface area (Å²) in [5.74, 6) is -0.252. The minimum Gasteiger partial charge on any atom is -0.465 e. The highest BCUT2D eigenvalue weighted by Crippen LogP contribution is 2.33. The summed E-state index contributed by atoms with van der Waals surface area (Å²) in [6.07, 6.45) is 3.84. The molecule has 0 amide bonds. The van der Waals surface area contributed by atoms with Crippen LogP contribution < -0.4 is 0 Å². The van der Waals surface area contributed by atoms with E-state index in [9.17, 15) is 4.79 Å². The molecule has 0 unspecified atom stereocenters. The van der Waals surface area contributed by atoms with Gasteiger partial charge in [0.1, 0.15) is 0 Å². The SMILES string of the molecule is CCc1c(Cl)cc2c(c1C(=O)OC)CCC2. The van der Waals surface area contributed by atoms with Crippen molar-refractivity contribution in [3.8, 4) is 0 Å². The first-order valence-corrected chi connectivity index (χ1v) is 5.98. The second-order valence-corrected chi connectivity index (χ2v) is 4.46. The van der Waals surface area contributed by atoms with Gasteiger partial charge < -0.3 is 4.74 Å². The summed E-state index contributed by atoms with van der Waals surface area (Å²) in [5.41, 5.74) is 4.00. The van der Waals surface area contributed by atoms with Gasteiger partial charge >= 0.3 is 5.97 Å². The van der Waals surface area contributed by atoms with Crippen LogP contribution in [0.25, 0.3) is 0 Å². The Morgan fingerprint density at radius 3 is 2.88 bits per heavy atom. The first-order chi connectivity index (χ1) is 7.69. The molecule has 1 aromatic rings. The van der Waals surface area contributed by atoms with E-state index in [1.807, 2.05) is 13.0 Å². The Kier molecular flexibility index (Phi) is 3.20. The third-order valence-electron chi connectivity index (χ3n) is 3.20. The van der Waals surface area contributed by atoms with E-state index in [2.05, 4.69) is 0 Å². The van der Waals surface area contributed by atoms with Gasteiger partial charge in [-0.1, -0.05) is 18.5 Å². The number of rotatable bonds is 2. The number of hydrogen-bond donors (Lipinski definition) is 0. The number of carbonyl (C=O) groups is 1. The van der Waals surface area contributed by atoms with Gasteiger partial charge in [-0.15, -0.1) is 0 Å². The van der Waals surface area contributed by atoms with E-state index < -0.39 is 0 Å². The molecule has 0 aromatic heterocycles. The molecule has 1 aliphatic rings. The molecule has 1 aliphatic carbocycles. The zero-order chi connectivity index (χ0) is 11.7. The largest absolute Gasteiger partial charge is 0.465 e. The van der Waals surface area contributed by atoms with Crippen LogP contribution >= 0.6 is 11.6 Å². The van der Waals surface area contributed by atoms with Gasteiger partial charge in [0.15, 0.2) is 0 Å². The predicted molar refractivity (Wildman–Crippen MR) is 64.2 cm³/mol. The summed E-state index contributed by atoms with van der Waals surface area (Å²) in [6, 6.07) is 2.01. The normalized spacial score (nSPS) is 13.7. The highest BCUT2D eigenvalue weighted by Gasteiger charge is 2.24. The zero-order valence-electron chi connectivity index (χ0n) is 9.60. The third kappa shape index (κ3) is 1.71. The quantitative estimate of drug-likeness (QED) is 0.740. The Morgan fingerprint density at radius 1 is 1.50 bits per heavy atom. The summed E-state index contributed by atoms with van der Waals surface area (Å²) in [6.45, 7) is 2.01. The Bertz CT molecular complexity index is 434. The monoisotopic (exact) mass is 238 g/mol. The van der Waals surface area contributed by atoms with Gasteiger partial charge in [-0.25, -0.2) is 4.79 Å². The number of fused-ring (bicyclic) bond motifs is 1. The van der Waals surface area contributed by atoms with Crippen LogP contribution in [0.5, 0.6) is 0 Å². The number of esters is 1. The maximum Gasteiger partial charge on any atom is 0.338 e. The van der Waals surface area contributed by atoms with Crippen molar-refractivity contribution in [1.29, 1.82) is 0 Å². The van der Waals surface area contributed by atoms with Gasteiger partial charge in [-0.3, -0.25) is 0 Å². The van der Waals surface area contributed by atoms with Crippen LogP contribution in [-0.2, 0) is 24.0 Å². The van der Waals surface area contributed by atoms with Crippen molar-refractivity contribution < 1.29 is 9.53 Å². The van der Waals surface area contributed by atoms with Crippen molar-refractivity contribution in [2.45, 2.75) is 32.6 Å². The Hall–Kier alpha value is -1.02. The Morgan fingerprint density at radius 2 is 2.25 bits per heavy atom. The fourth-order valence-electron chi connectivity index (χ4n) is 2.45. The van der Waals surface area contributed by atoms with Crippen LogP contribution in [0.3, 0.4) is 0 Å². The number of methoxy groups -OCH3 is 1. The Balaban J connectivity index is 2.66. The lowest BCUT2D eigenvalue weighted by molar-refractivity contribution is 0.0598. The van der Waals surface area contributed by atoms with Crippen molar-refractivity contribution in [2.75, 3.05) is 7.11 Å². The summed E-state index contributed by atoms with van der Waals surface area (Å²) in [7, 11) is 1.42. The summed E-state index contributed by atoms with van der Waals surface area (Å²) in [5, 5.41) is 0.698. The van der Waals surface area contributed by atoms with Crippen LogP contribution in [0.2, 0.25) is 5.02 Å². The molecule has 0 atom stereocenters. The molecule has 0 heterocycles.